The highest BCUT2D eigenvalue weighted by Crippen LogP contribution is 2.30. The number of hydrogen-bond acceptors (Lipinski definition) is 4. The number of rotatable bonds is 1. The Morgan fingerprint density at radius 3 is 2.50 bits per heavy atom. The van der Waals surface area contributed by atoms with E-state index in [4.69, 9.17) is 0 Å². The van der Waals surface area contributed by atoms with Gasteiger partial charge in [-0.15, -0.1) is 0 Å². The van der Waals surface area contributed by atoms with Gasteiger partial charge < -0.3 is 14.2 Å². The zero-order valence-electron chi connectivity index (χ0n) is 11.8. The van der Waals surface area contributed by atoms with Crippen LogP contribution in [0.15, 0.2) is 18.6 Å². The Kier molecular flexibility index (Phi) is 3.42. The Labute approximate surface area is 124 Å². The lowest BCUT2D eigenvalue weighted by Crippen LogP contribution is -2.48. The predicted molar refractivity (Wildman–Crippen MR) is 72.5 cm³/mol. The van der Waals surface area contributed by atoms with E-state index in [-0.39, 0.29) is 11.6 Å². The fourth-order valence-electron chi connectivity index (χ4n) is 2.50. The second-order valence-corrected chi connectivity index (χ2v) is 5.10. The van der Waals surface area contributed by atoms with Gasteiger partial charge in [-0.25, -0.2) is 9.97 Å². The number of aromatic nitrogens is 3. The maximum absolute atomic E-state index is 12.8. The number of carbonyl (C=O) groups is 1. The lowest BCUT2D eigenvalue weighted by molar-refractivity contribution is -0.140. The van der Waals surface area contributed by atoms with E-state index in [9.17, 15) is 18.0 Å². The summed E-state index contributed by atoms with van der Waals surface area (Å²) in [5.74, 6) is 0.396. The summed E-state index contributed by atoms with van der Waals surface area (Å²) >= 11 is 0. The van der Waals surface area contributed by atoms with Crippen molar-refractivity contribution in [2.75, 3.05) is 31.1 Å². The molecule has 2 aromatic heterocycles. The standard InChI is InChI=1S/C13H14F3N5O/c1-9(22)19-4-6-20(7-5-19)11-12-18-10(13(14,15)16)8-21(12)3-2-17-11/h2-3,8H,4-7H2,1H3. The molecule has 0 radical (unpaired) electrons. The van der Waals surface area contributed by atoms with Crippen LogP contribution in [0.5, 0.6) is 0 Å². The number of fused-ring (bicyclic) bond motifs is 1. The molecule has 0 N–H and O–H groups in total. The molecule has 0 unspecified atom stereocenters. The summed E-state index contributed by atoms with van der Waals surface area (Å²) in [6.07, 6.45) is -0.655. The number of imidazole rings is 1. The first-order valence-electron chi connectivity index (χ1n) is 6.77. The molecule has 22 heavy (non-hydrogen) atoms. The molecule has 3 heterocycles. The Hall–Kier alpha value is -2.32. The molecule has 0 saturated carbocycles. The van der Waals surface area contributed by atoms with Gasteiger partial charge in [-0.2, -0.15) is 13.2 Å². The number of anilines is 1. The average molecular weight is 313 g/mol. The predicted octanol–water partition coefficient (Wildman–Crippen LogP) is 1.42. The van der Waals surface area contributed by atoms with Crippen molar-refractivity contribution in [2.24, 2.45) is 0 Å². The Bertz CT molecular complexity index is 703. The highest BCUT2D eigenvalue weighted by atomic mass is 19.4. The molecule has 1 saturated heterocycles. The summed E-state index contributed by atoms with van der Waals surface area (Å²) in [5, 5.41) is 0. The Balaban J connectivity index is 1.91. The van der Waals surface area contributed by atoms with Crippen LogP contribution in [0.4, 0.5) is 19.0 Å². The molecule has 6 nitrogen and oxygen atoms in total. The molecule has 1 fully saturated rings. The summed E-state index contributed by atoms with van der Waals surface area (Å²) in [6, 6.07) is 0. The second kappa shape index (κ2) is 5.15. The van der Waals surface area contributed by atoms with Crippen molar-refractivity contribution >= 4 is 17.4 Å². The van der Waals surface area contributed by atoms with Crippen molar-refractivity contribution in [3.05, 3.63) is 24.3 Å². The summed E-state index contributed by atoms with van der Waals surface area (Å²) in [7, 11) is 0. The van der Waals surface area contributed by atoms with Gasteiger partial charge in [0.1, 0.15) is 0 Å². The molecule has 1 aliphatic rings. The van der Waals surface area contributed by atoms with Gasteiger partial charge in [-0.3, -0.25) is 4.79 Å². The van der Waals surface area contributed by atoms with E-state index in [0.29, 0.717) is 32.0 Å². The van der Waals surface area contributed by atoms with Crippen molar-refractivity contribution in [3.8, 4) is 0 Å². The van der Waals surface area contributed by atoms with E-state index < -0.39 is 11.9 Å². The third-order valence-corrected chi connectivity index (χ3v) is 3.67. The first kappa shape index (κ1) is 14.6. The molecular weight excluding hydrogens is 299 g/mol. The van der Waals surface area contributed by atoms with E-state index in [2.05, 4.69) is 9.97 Å². The summed E-state index contributed by atoms with van der Waals surface area (Å²) in [4.78, 5) is 22.7. The van der Waals surface area contributed by atoms with Crippen LogP contribution in [0.1, 0.15) is 12.6 Å². The monoisotopic (exact) mass is 313 g/mol. The molecule has 0 atom stereocenters. The first-order chi connectivity index (χ1) is 10.4. The van der Waals surface area contributed by atoms with Crippen LogP contribution in [-0.4, -0.2) is 51.4 Å². The van der Waals surface area contributed by atoms with E-state index in [1.54, 1.807) is 4.90 Å². The van der Waals surface area contributed by atoms with Gasteiger partial charge in [0.25, 0.3) is 0 Å². The highest BCUT2D eigenvalue weighted by Gasteiger charge is 2.34. The third-order valence-electron chi connectivity index (χ3n) is 3.67. The van der Waals surface area contributed by atoms with Gasteiger partial charge in [-0.1, -0.05) is 0 Å². The van der Waals surface area contributed by atoms with Gasteiger partial charge in [0.2, 0.25) is 5.91 Å². The number of amides is 1. The number of nitrogens with zero attached hydrogens (tertiary/aromatic N) is 5. The van der Waals surface area contributed by atoms with Crippen LogP contribution < -0.4 is 4.90 Å². The van der Waals surface area contributed by atoms with Crippen LogP contribution in [0.3, 0.4) is 0 Å². The van der Waals surface area contributed by atoms with Crippen LogP contribution in [-0.2, 0) is 11.0 Å². The Morgan fingerprint density at radius 2 is 1.91 bits per heavy atom. The molecule has 2 aromatic rings. The highest BCUT2D eigenvalue weighted by molar-refractivity contribution is 5.74. The van der Waals surface area contributed by atoms with E-state index in [1.165, 1.54) is 23.7 Å². The minimum Gasteiger partial charge on any atom is -0.350 e. The molecule has 0 spiro atoms. The average Bonchev–Trinajstić information content (AvgIpc) is 2.91. The van der Waals surface area contributed by atoms with Gasteiger partial charge in [-0.05, 0) is 0 Å². The van der Waals surface area contributed by atoms with E-state index >= 15 is 0 Å². The van der Waals surface area contributed by atoms with Crippen molar-refractivity contribution in [3.63, 3.8) is 0 Å². The minimum absolute atomic E-state index is 0.00835. The second-order valence-electron chi connectivity index (χ2n) is 5.10. The van der Waals surface area contributed by atoms with Gasteiger partial charge in [0, 0.05) is 51.7 Å². The molecule has 0 bridgehead atoms. The number of piperazine rings is 1. The maximum atomic E-state index is 12.8. The molecule has 1 amide bonds. The number of hydrogen-bond donors (Lipinski definition) is 0. The van der Waals surface area contributed by atoms with Gasteiger partial charge in [0.15, 0.2) is 17.2 Å². The lowest BCUT2D eigenvalue weighted by Gasteiger charge is -2.34. The molecule has 0 aromatic carbocycles. The minimum atomic E-state index is -4.49. The van der Waals surface area contributed by atoms with Crippen LogP contribution >= 0.6 is 0 Å². The normalized spacial score (nSPS) is 16.4. The van der Waals surface area contributed by atoms with Crippen LogP contribution in [0.25, 0.3) is 5.65 Å². The summed E-state index contributed by atoms with van der Waals surface area (Å²) in [5.41, 5.74) is -0.768. The largest absolute Gasteiger partial charge is 0.434 e. The molecule has 118 valence electrons. The van der Waals surface area contributed by atoms with Gasteiger partial charge in [0.05, 0.1) is 0 Å². The third kappa shape index (κ3) is 2.58. The fraction of sp³-hybridized carbons (Fsp3) is 0.462. The van der Waals surface area contributed by atoms with E-state index in [0.717, 1.165) is 6.20 Å². The SMILES string of the molecule is CC(=O)N1CCN(c2nccn3cc(C(F)(F)F)nc23)CC1. The van der Waals surface area contributed by atoms with Gasteiger partial charge >= 0.3 is 6.18 Å². The fourth-order valence-corrected chi connectivity index (χ4v) is 2.50. The van der Waals surface area contributed by atoms with Crippen molar-refractivity contribution in [1.82, 2.24) is 19.3 Å². The Morgan fingerprint density at radius 1 is 1.23 bits per heavy atom. The molecule has 1 aliphatic heterocycles. The topological polar surface area (TPSA) is 53.7 Å². The van der Waals surface area contributed by atoms with Crippen molar-refractivity contribution in [2.45, 2.75) is 13.1 Å². The molecule has 3 rings (SSSR count). The van der Waals surface area contributed by atoms with E-state index in [1.807, 2.05) is 4.90 Å². The lowest BCUT2D eigenvalue weighted by atomic mass is 10.3. The van der Waals surface area contributed by atoms with Crippen LogP contribution in [0.2, 0.25) is 0 Å². The zero-order valence-corrected chi connectivity index (χ0v) is 11.8. The zero-order chi connectivity index (χ0) is 15.9. The smallest absolute Gasteiger partial charge is 0.350 e. The molecule has 9 heteroatoms. The van der Waals surface area contributed by atoms with Crippen molar-refractivity contribution in [1.29, 1.82) is 0 Å². The van der Waals surface area contributed by atoms with Crippen LogP contribution in [0, 0.1) is 0 Å². The summed E-state index contributed by atoms with van der Waals surface area (Å²) in [6.45, 7) is 3.57. The number of alkyl halides is 3. The number of halogens is 3. The summed E-state index contributed by atoms with van der Waals surface area (Å²) < 4.78 is 39.7. The molecule has 0 aliphatic carbocycles. The first-order valence-corrected chi connectivity index (χ1v) is 6.77. The maximum Gasteiger partial charge on any atom is 0.434 e. The molecular formula is C13H14F3N5O. The van der Waals surface area contributed by atoms with Crippen molar-refractivity contribution < 1.29 is 18.0 Å². The quantitative estimate of drug-likeness (QED) is 0.799. The number of carbonyl (C=O) groups excluding carboxylic acids is 1.